The van der Waals surface area contributed by atoms with Crippen molar-refractivity contribution in [2.24, 2.45) is 0 Å². The van der Waals surface area contributed by atoms with Crippen LogP contribution in [-0.2, 0) is 0 Å². The summed E-state index contributed by atoms with van der Waals surface area (Å²) in [6.45, 7) is -0.355. The van der Waals surface area contributed by atoms with E-state index in [2.05, 4.69) is 31.9 Å². The third-order valence-corrected chi connectivity index (χ3v) is 4.53. The lowest BCUT2D eigenvalue weighted by Gasteiger charge is -2.07. The maximum Gasteiger partial charge on any atom is 0.211 e. The molecule has 0 unspecified atom stereocenters. The van der Waals surface area contributed by atoms with E-state index in [0.29, 0.717) is 13.8 Å². The first kappa shape index (κ1) is 14.6. The molecule has 0 aliphatic rings. The molecule has 1 heterocycles. The number of halogens is 4. The van der Waals surface area contributed by atoms with Crippen molar-refractivity contribution in [1.82, 2.24) is 0 Å². The van der Waals surface area contributed by atoms with E-state index in [1.165, 1.54) is 17.4 Å². The van der Waals surface area contributed by atoms with E-state index in [9.17, 15) is 13.6 Å². The van der Waals surface area contributed by atoms with Crippen molar-refractivity contribution in [1.29, 1.82) is 0 Å². The standard InChI is InChI=1S/C12H6Br2F2O2S/c13-6-3-8(15)11(16)10(4-6)18-5-9(17)12-7(14)1-2-19-12/h1-4H,5H2. The Labute approximate surface area is 128 Å². The van der Waals surface area contributed by atoms with Crippen LogP contribution in [0.5, 0.6) is 5.75 Å². The van der Waals surface area contributed by atoms with Gasteiger partial charge in [0.2, 0.25) is 11.6 Å². The second-order valence-electron chi connectivity index (χ2n) is 3.51. The van der Waals surface area contributed by atoms with Gasteiger partial charge < -0.3 is 4.74 Å². The summed E-state index contributed by atoms with van der Waals surface area (Å²) < 4.78 is 32.6. The molecule has 1 aromatic heterocycles. The first-order valence-corrected chi connectivity index (χ1v) is 7.49. The highest BCUT2D eigenvalue weighted by Gasteiger charge is 2.16. The quantitative estimate of drug-likeness (QED) is 0.532. The summed E-state index contributed by atoms with van der Waals surface area (Å²) >= 11 is 7.50. The third kappa shape index (κ3) is 3.40. The zero-order valence-electron chi connectivity index (χ0n) is 9.25. The van der Waals surface area contributed by atoms with Crippen molar-refractivity contribution in [3.05, 3.63) is 49.0 Å². The van der Waals surface area contributed by atoms with E-state index in [1.54, 1.807) is 11.4 Å². The molecule has 1 aromatic carbocycles. The Hall–Kier alpha value is -0.790. The predicted octanol–water partition coefficient (Wildman–Crippen LogP) is 4.81. The molecular formula is C12H6Br2F2O2S. The Morgan fingerprint density at radius 3 is 2.68 bits per heavy atom. The normalized spacial score (nSPS) is 10.5. The molecule has 0 saturated heterocycles. The molecule has 0 amide bonds. The molecule has 2 nitrogen and oxygen atoms in total. The van der Waals surface area contributed by atoms with Gasteiger partial charge in [-0.15, -0.1) is 11.3 Å². The van der Waals surface area contributed by atoms with E-state index >= 15 is 0 Å². The van der Waals surface area contributed by atoms with Crippen molar-refractivity contribution in [3.63, 3.8) is 0 Å². The summed E-state index contributed by atoms with van der Waals surface area (Å²) in [6.07, 6.45) is 0. The average molecular weight is 412 g/mol. The van der Waals surface area contributed by atoms with Gasteiger partial charge in [0.25, 0.3) is 0 Å². The van der Waals surface area contributed by atoms with Crippen molar-refractivity contribution in [2.45, 2.75) is 0 Å². The minimum Gasteiger partial charge on any atom is -0.482 e. The fourth-order valence-corrected chi connectivity index (χ4v) is 3.27. The van der Waals surface area contributed by atoms with Crippen LogP contribution in [0, 0.1) is 11.6 Å². The van der Waals surface area contributed by atoms with Gasteiger partial charge in [0.15, 0.2) is 18.2 Å². The van der Waals surface area contributed by atoms with Crippen molar-refractivity contribution < 1.29 is 18.3 Å². The first-order valence-electron chi connectivity index (χ1n) is 5.02. The molecule has 0 aliphatic carbocycles. The van der Waals surface area contributed by atoms with Crippen molar-refractivity contribution in [2.75, 3.05) is 6.61 Å². The van der Waals surface area contributed by atoms with Crippen LogP contribution >= 0.6 is 43.2 Å². The number of ether oxygens (including phenoxy) is 1. The second kappa shape index (κ2) is 6.11. The molecule has 0 atom stereocenters. The largest absolute Gasteiger partial charge is 0.482 e. The highest BCUT2D eigenvalue weighted by molar-refractivity contribution is 9.10. The number of hydrogen-bond acceptors (Lipinski definition) is 3. The van der Waals surface area contributed by atoms with Crippen molar-refractivity contribution in [3.8, 4) is 5.75 Å². The molecule has 0 radical (unpaired) electrons. The SMILES string of the molecule is O=C(COc1cc(Br)cc(F)c1F)c1sccc1Br. The molecule has 2 rings (SSSR count). The number of benzene rings is 1. The predicted molar refractivity (Wildman–Crippen MR) is 75.9 cm³/mol. The lowest BCUT2D eigenvalue weighted by atomic mass is 10.3. The molecule has 0 aliphatic heterocycles. The van der Waals surface area contributed by atoms with Gasteiger partial charge in [0.1, 0.15) is 0 Å². The van der Waals surface area contributed by atoms with Crippen LogP contribution in [0.25, 0.3) is 0 Å². The highest BCUT2D eigenvalue weighted by atomic mass is 79.9. The van der Waals surface area contributed by atoms with Crippen LogP contribution in [0.3, 0.4) is 0 Å². The van der Waals surface area contributed by atoms with Gasteiger partial charge >= 0.3 is 0 Å². The number of thiophene rings is 1. The van der Waals surface area contributed by atoms with Crippen LogP contribution < -0.4 is 4.74 Å². The lowest BCUT2D eigenvalue weighted by Crippen LogP contribution is -2.11. The van der Waals surface area contributed by atoms with Gasteiger partial charge in [-0.25, -0.2) is 4.39 Å². The van der Waals surface area contributed by atoms with E-state index < -0.39 is 11.6 Å². The van der Waals surface area contributed by atoms with E-state index in [1.807, 2.05) is 0 Å². The summed E-state index contributed by atoms with van der Waals surface area (Å²) in [5.41, 5.74) is 0. The first-order chi connectivity index (χ1) is 8.99. The smallest absolute Gasteiger partial charge is 0.211 e. The van der Waals surface area contributed by atoms with Crippen LogP contribution in [-0.4, -0.2) is 12.4 Å². The Morgan fingerprint density at radius 1 is 1.32 bits per heavy atom. The number of ketones is 1. The summed E-state index contributed by atoms with van der Waals surface area (Å²) in [5, 5.41) is 1.75. The molecule has 0 N–H and O–H groups in total. The average Bonchev–Trinajstić information content (AvgIpc) is 2.78. The molecular weight excluding hydrogens is 406 g/mol. The summed E-state index contributed by atoms with van der Waals surface area (Å²) in [4.78, 5) is 12.3. The third-order valence-electron chi connectivity index (χ3n) is 2.19. The summed E-state index contributed by atoms with van der Waals surface area (Å²) in [7, 11) is 0. The molecule has 19 heavy (non-hydrogen) atoms. The van der Waals surface area contributed by atoms with Crippen LogP contribution in [0.1, 0.15) is 9.67 Å². The van der Waals surface area contributed by atoms with Gasteiger partial charge in [-0.2, -0.15) is 4.39 Å². The Bertz CT molecular complexity index is 628. The van der Waals surface area contributed by atoms with Crippen LogP contribution in [0.2, 0.25) is 0 Å². The zero-order valence-corrected chi connectivity index (χ0v) is 13.2. The van der Waals surface area contributed by atoms with Gasteiger partial charge in [-0.3, -0.25) is 4.79 Å². The highest BCUT2D eigenvalue weighted by Crippen LogP contribution is 2.27. The second-order valence-corrected chi connectivity index (χ2v) is 6.20. The number of carbonyl (C=O) groups is 1. The molecule has 0 spiro atoms. The monoisotopic (exact) mass is 410 g/mol. The van der Waals surface area contributed by atoms with Gasteiger partial charge in [-0.05, 0) is 39.5 Å². The zero-order chi connectivity index (χ0) is 14.0. The maximum absolute atomic E-state index is 13.4. The fraction of sp³-hybridized carbons (Fsp3) is 0.0833. The van der Waals surface area contributed by atoms with Crippen molar-refractivity contribution >= 4 is 49.0 Å². The molecule has 0 bridgehead atoms. The van der Waals surface area contributed by atoms with Crippen LogP contribution in [0.15, 0.2) is 32.5 Å². The van der Waals surface area contributed by atoms with Gasteiger partial charge in [-0.1, -0.05) is 15.9 Å². The lowest BCUT2D eigenvalue weighted by molar-refractivity contribution is 0.0921. The van der Waals surface area contributed by atoms with Crippen LogP contribution in [0.4, 0.5) is 8.78 Å². The maximum atomic E-state index is 13.4. The fourth-order valence-electron chi connectivity index (χ4n) is 1.34. The van der Waals surface area contributed by atoms with Gasteiger partial charge in [0.05, 0.1) is 4.88 Å². The number of hydrogen-bond donors (Lipinski definition) is 0. The van der Waals surface area contributed by atoms with E-state index in [4.69, 9.17) is 4.74 Å². The molecule has 0 saturated carbocycles. The minimum absolute atomic E-state index is 0.298. The number of carbonyl (C=O) groups excluding carboxylic acids is 1. The topological polar surface area (TPSA) is 26.3 Å². The molecule has 7 heteroatoms. The summed E-state index contributed by atoms with van der Waals surface area (Å²) in [6, 6.07) is 3.99. The Morgan fingerprint density at radius 2 is 2.05 bits per heavy atom. The molecule has 0 fully saturated rings. The van der Waals surface area contributed by atoms with E-state index in [-0.39, 0.29) is 18.1 Å². The van der Waals surface area contributed by atoms with Gasteiger partial charge in [0, 0.05) is 8.95 Å². The number of rotatable bonds is 4. The Kier molecular flexibility index (Phi) is 4.70. The number of Topliss-reactive ketones (excluding diaryl/α,β-unsaturated/α-hetero) is 1. The Balaban J connectivity index is 2.11. The molecule has 100 valence electrons. The summed E-state index contributed by atoms with van der Waals surface area (Å²) in [5.74, 6) is -2.75. The van der Waals surface area contributed by atoms with E-state index in [0.717, 1.165) is 6.07 Å². The molecule has 2 aromatic rings. The minimum atomic E-state index is -1.11.